The van der Waals surface area contributed by atoms with Crippen molar-refractivity contribution < 1.29 is 27.2 Å². The summed E-state index contributed by atoms with van der Waals surface area (Å²) in [5, 5.41) is 0. The van der Waals surface area contributed by atoms with Crippen molar-refractivity contribution in [2.45, 2.75) is 13.1 Å². The van der Waals surface area contributed by atoms with Gasteiger partial charge < -0.3 is 0 Å². The van der Waals surface area contributed by atoms with E-state index < -0.39 is 34.5 Å². The lowest BCUT2D eigenvalue weighted by Gasteiger charge is -2.10. The number of alkyl halides is 3. The van der Waals surface area contributed by atoms with Gasteiger partial charge >= 0.3 is 6.18 Å². The summed E-state index contributed by atoms with van der Waals surface area (Å²) in [6.07, 6.45) is -4.89. The monoisotopic (exact) mass is 234 g/mol. The van der Waals surface area contributed by atoms with Gasteiger partial charge in [-0.15, -0.1) is 0 Å². The van der Waals surface area contributed by atoms with E-state index in [1.165, 1.54) is 0 Å². The van der Waals surface area contributed by atoms with E-state index in [0.29, 0.717) is 6.07 Å². The van der Waals surface area contributed by atoms with Crippen molar-refractivity contribution in [3.8, 4) is 0 Å². The Morgan fingerprint density at radius 2 is 1.88 bits per heavy atom. The molecule has 1 aromatic carbocycles. The van der Waals surface area contributed by atoms with Crippen molar-refractivity contribution in [1.29, 1.82) is 0 Å². The Labute approximate surface area is 87.9 Å². The van der Waals surface area contributed by atoms with Gasteiger partial charge in [-0.05, 0) is 19.1 Å². The maximum absolute atomic E-state index is 13.1. The SMILES string of the molecule is CC(=O)c1cc(C=O)c(C(F)(F)F)cc1F. The van der Waals surface area contributed by atoms with Crippen molar-refractivity contribution >= 4 is 12.1 Å². The highest BCUT2D eigenvalue weighted by Crippen LogP contribution is 2.32. The number of hydrogen-bond acceptors (Lipinski definition) is 2. The number of carbonyl (C=O) groups is 2. The molecule has 0 saturated carbocycles. The molecule has 0 heterocycles. The van der Waals surface area contributed by atoms with Crippen LogP contribution in [0.4, 0.5) is 17.6 Å². The summed E-state index contributed by atoms with van der Waals surface area (Å²) in [6.45, 7) is 1.00. The molecule has 0 aliphatic rings. The number of hydrogen-bond donors (Lipinski definition) is 0. The summed E-state index contributed by atoms with van der Waals surface area (Å²) in [4.78, 5) is 21.3. The Kier molecular flexibility index (Phi) is 3.11. The van der Waals surface area contributed by atoms with E-state index >= 15 is 0 Å². The summed E-state index contributed by atoms with van der Waals surface area (Å²) >= 11 is 0. The Balaban J connectivity index is 3.50. The van der Waals surface area contributed by atoms with Crippen molar-refractivity contribution in [1.82, 2.24) is 0 Å². The lowest BCUT2D eigenvalue weighted by Crippen LogP contribution is -2.12. The van der Waals surface area contributed by atoms with Crippen LogP contribution < -0.4 is 0 Å². The van der Waals surface area contributed by atoms with Crippen molar-refractivity contribution in [3.05, 3.63) is 34.6 Å². The molecule has 0 aliphatic heterocycles. The highest BCUT2D eigenvalue weighted by Gasteiger charge is 2.34. The molecular weight excluding hydrogens is 228 g/mol. The number of carbonyl (C=O) groups excluding carboxylic acids is 2. The molecule has 0 radical (unpaired) electrons. The third kappa shape index (κ3) is 2.26. The molecule has 0 bridgehead atoms. The molecule has 1 aromatic rings. The van der Waals surface area contributed by atoms with Gasteiger partial charge in [-0.1, -0.05) is 0 Å². The van der Waals surface area contributed by atoms with Gasteiger partial charge in [0.15, 0.2) is 12.1 Å². The smallest absolute Gasteiger partial charge is 0.298 e. The standard InChI is InChI=1S/C10H6F4O2/c1-5(16)7-2-6(4-15)8(3-9(7)11)10(12,13)14/h2-4H,1H3. The molecule has 2 nitrogen and oxygen atoms in total. The minimum Gasteiger partial charge on any atom is -0.298 e. The molecule has 0 unspecified atom stereocenters. The first-order valence-corrected chi connectivity index (χ1v) is 4.14. The van der Waals surface area contributed by atoms with Crippen LogP contribution in [0, 0.1) is 5.82 Å². The first-order valence-electron chi connectivity index (χ1n) is 4.14. The number of benzene rings is 1. The molecule has 1 rings (SSSR count). The van der Waals surface area contributed by atoms with Crippen molar-refractivity contribution in [3.63, 3.8) is 0 Å². The average molecular weight is 234 g/mol. The number of aldehydes is 1. The maximum Gasteiger partial charge on any atom is 0.417 e. The van der Waals surface area contributed by atoms with Crippen molar-refractivity contribution in [2.24, 2.45) is 0 Å². The van der Waals surface area contributed by atoms with E-state index in [0.717, 1.165) is 6.92 Å². The topological polar surface area (TPSA) is 34.1 Å². The van der Waals surface area contributed by atoms with E-state index in [1.54, 1.807) is 0 Å². The average Bonchev–Trinajstić information content (AvgIpc) is 2.15. The van der Waals surface area contributed by atoms with Crippen LogP contribution >= 0.6 is 0 Å². The van der Waals surface area contributed by atoms with E-state index in [2.05, 4.69) is 0 Å². The van der Waals surface area contributed by atoms with Crippen LogP contribution in [0.15, 0.2) is 12.1 Å². The van der Waals surface area contributed by atoms with Crippen molar-refractivity contribution in [2.75, 3.05) is 0 Å². The van der Waals surface area contributed by atoms with Gasteiger partial charge in [0.05, 0.1) is 11.1 Å². The number of Topliss-reactive ketones (excluding diaryl/α,β-unsaturated/α-hetero) is 1. The van der Waals surface area contributed by atoms with Crippen LogP contribution in [-0.4, -0.2) is 12.1 Å². The fourth-order valence-electron chi connectivity index (χ4n) is 1.20. The molecule has 16 heavy (non-hydrogen) atoms. The fourth-order valence-corrected chi connectivity index (χ4v) is 1.20. The molecule has 0 spiro atoms. The molecule has 0 N–H and O–H groups in total. The second-order valence-electron chi connectivity index (χ2n) is 3.09. The minimum atomic E-state index is -4.83. The summed E-state index contributed by atoms with van der Waals surface area (Å²) in [7, 11) is 0. The van der Waals surface area contributed by atoms with Gasteiger partial charge in [-0.3, -0.25) is 9.59 Å². The Hall–Kier alpha value is -1.72. The van der Waals surface area contributed by atoms with Gasteiger partial charge in [0.1, 0.15) is 5.82 Å². The number of rotatable bonds is 2. The van der Waals surface area contributed by atoms with Crippen LogP contribution in [0.2, 0.25) is 0 Å². The lowest BCUT2D eigenvalue weighted by atomic mass is 10.0. The van der Waals surface area contributed by atoms with Gasteiger partial charge in [0, 0.05) is 5.56 Å². The van der Waals surface area contributed by atoms with E-state index in [4.69, 9.17) is 0 Å². The van der Waals surface area contributed by atoms with Crippen LogP contribution in [0.3, 0.4) is 0 Å². The molecule has 0 aromatic heterocycles. The molecule has 86 valence electrons. The fraction of sp³-hybridized carbons (Fsp3) is 0.200. The van der Waals surface area contributed by atoms with Gasteiger partial charge in [-0.25, -0.2) is 4.39 Å². The summed E-state index contributed by atoms with van der Waals surface area (Å²) < 4.78 is 50.1. The molecular formula is C10H6F4O2. The molecule has 0 aliphatic carbocycles. The predicted octanol–water partition coefficient (Wildman–Crippen LogP) is 2.86. The third-order valence-electron chi connectivity index (χ3n) is 1.95. The third-order valence-corrected chi connectivity index (χ3v) is 1.95. The lowest BCUT2D eigenvalue weighted by molar-refractivity contribution is -0.138. The highest BCUT2D eigenvalue weighted by atomic mass is 19.4. The zero-order chi connectivity index (χ0) is 12.5. The molecule has 0 amide bonds. The first-order chi connectivity index (χ1) is 7.27. The Morgan fingerprint density at radius 1 is 1.31 bits per heavy atom. The predicted molar refractivity (Wildman–Crippen MR) is 46.8 cm³/mol. The summed E-state index contributed by atoms with van der Waals surface area (Å²) in [5.74, 6) is -2.03. The van der Waals surface area contributed by atoms with Gasteiger partial charge in [0.25, 0.3) is 0 Å². The normalized spacial score (nSPS) is 11.3. The first kappa shape index (κ1) is 12.4. The van der Waals surface area contributed by atoms with Crippen LogP contribution in [0.25, 0.3) is 0 Å². The summed E-state index contributed by atoms with van der Waals surface area (Å²) in [5.41, 5.74) is -2.67. The van der Waals surface area contributed by atoms with Crippen LogP contribution in [0.1, 0.15) is 33.2 Å². The number of ketones is 1. The van der Waals surface area contributed by atoms with E-state index in [-0.39, 0.29) is 12.4 Å². The molecule has 0 atom stereocenters. The second kappa shape index (κ2) is 4.03. The van der Waals surface area contributed by atoms with E-state index in [1.807, 2.05) is 0 Å². The zero-order valence-corrected chi connectivity index (χ0v) is 8.06. The van der Waals surface area contributed by atoms with E-state index in [9.17, 15) is 27.2 Å². The van der Waals surface area contributed by atoms with Crippen LogP contribution in [-0.2, 0) is 6.18 Å². The Bertz CT molecular complexity index is 449. The molecule has 0 saturated heterocycles. The molecule has 6 heteroatoms. The molecule has 0 fully saturated rings. The Morgan fingerprint density at radius 3 is 2.25 bits per heavy atom. The minimum absolute atomic E-state index is 0.0608. The largest absolute Gasteiger partial charge is 0.417 e. The highest BCUT2D eigenvalue weighted by molar-refractivity contribution is 5.96. The number of halogens is 4. The van der Waals surface area contributed by atoms with Crippen LogP contribution in [0.5, 0.6) is 0 Å². The quantitative estimate of drug-likeness (QED) is 0.448. The van der Waals surface area contributed by atoms with Gasteiger partial charge in [-0.2, -0.15) is 13.2 Å². The zero-order valence-electron chi connectivity index (χ0n) is 8.06. The second-order valence-corrected chi connectivity index (χ2v) is 3.09. The van der Waals surface area contributed by atoms with Gasteiger partial charge in [0.2, 0.25) is 0 Å². The maximum atomic E-state index is 13.1. The summed E-state index contributed by atoms with van der Waals surface area (Å²) in [6, 6.07) is 0.758.